The van der Waals surface area contributed by atoms with Crippen LogP contribution in [0.4, 0.5) is 0 Å². The Morgan fingerprint density at radius 2 is 1.94 bits per heavy atom. The Balaban J connectivity index is 0.00000108. The number of piperazine rings is 1. The normalized spacial score (nSPS) is 22.1. The van der Waals surface area contributed by atoms with E-state index in [0.29, 0.717) is 0 Å². The van der Waals surface area contributed by atoms with Gasteiger partial charge in [-0.2, -0.15) is 0 Å². The van der Waals surface area contributed by atoms with Crippen LogP contribution in [0.2, 0.25) is 5.02 Å². The van der Waals surface area contributed by atoms with Crippen molar-refractivity contribution in [2.24, 2.45) is 0 Å². The van der Waals surface area contributed by atoms with E-state index in [1.54, 1.807) is 0 Å². The second-order valence-electron chi connectivity index (χ2n) is 3.94. The molecule has 0 radical (unpaired) electrons. The first-order valence-corrected chi connectivity index (χ1v) is 5.75. The summed E-state index contributed by atoms with van der Waals surface area (Å²) in [7, 11) is 0. The fourth-order valence-electron chi connectivity index (χ4n) is 2.07. The van der Waals surface area contributed by atoms with E-state index in [9.17, 15) is 0 Å². The first kappa shape index (κ1) is 12.8. The van der Waals surface area contributed by atoms with E-state index in [-0.39, 0.29) is 25.2 Å². The van der Waals surface area contributed by atoms with Crippen LogP contribution in [-0.4, -0.2) is 26.4 Å². The fraction of sp³-hybridized carbons (Fsp3) is 0.455. The van der Waals surface area contributed by atoms with Gasteiger partial charge in [0.25, 0.3) is 0 Å². The molecule has 2 aliphatic rings. The summed E-state index contributed by atoms with van der Waals surface area (Å²) in [4.78, 5) is 0. The van der Waals surface area contributed by atoms with Gasteiger partial charge in [0.15, 0.2) is 11.5 Å². The number of ether oxygens (including phenoxy) is 2. The van der Waals surface area contributed by atoms with E-state index in [1.807, 2.05) is 12.1 Å². The zero-order chi connectivity index (χ0) is 11.0. The molecule has 3 rings (SSSR count). The number of rotatable bonds is 1. The van der Waals surface area contributed by atoms with Crippen molar-refractivity contribution in [3.8, 4) is 11.5 Å². The Bertz CT molecular complexity index is 409. The molecule has 0 aliphatic carbocycles. The van der Waals surface area contributed by atoms with Crippen LogP contribution in [0.3, 0.4) is 0 Å². The standard InChI is InChI=1S/C11H13ClN2O2.ClH/c12-8-4-11-10(15-6-16-11)3-7(8)9-5-13-1-2-14-9;/h3-4,9,13-14H,1-2,5-6H2;1H/t9-;/m0./s1. The summed E-state index contributed by atoms with van der Waals surface area (Å²) in [5.74, 6) is 1.52. The van der Waals surface area contributed by atoms with Crippen LogP contribution >= 0.6 is 24.0 Å². The lowest BCUT2D eigenvalue weighted by Gasteiger charge is -2.25. The predicted molar refractivity (Wildman–Crippen MR) is 68.4 cm³/mol. The van der Waals surface area contributed by atoms with Gasteiger partial charge in [-0.1, -0.05) is 11.6 Å². The predicted octanol–water partition coefficient (Wildman–Crippen LogP) is 1.72. The molecule has 0 amide bonds. The number of hydrogen-bond donors (Lipinski definition) is 2. The Kier molecular flexibility index (Phi) is 3.99. The van der Waals surface area contributed by atoms with Gasteiger partial charge in [0.05, 0.1) is 0 Å². The summed E-state index contributed by atoms with van der Waals surface area (Å²) in [6.45, 7) is 3.12. The smallest absolute Gasteiger partial charge is 0.231 e. The van der Waals surface area contributed by atoms with Gasteiger partial charge in [0.1, 0.15) is 0 Å². The first-order chi connectivity index (χ1) is 7.84. The van der Waals surface area contributed by atoms with Crippen molar-refractivity contribution >= 4 is 24.0 Å². The molecule has 94 valence electrons. The van der Waals surface area contributed by atoms with Crippen LogP contribution in [0.1, 0.15) is 11.6 Å². The van der Waals surface area contributed by atoms with Crippen molar-refractivity contribution in [3.63, 3.8) is 0 Å². The van der Waals surface area contributed by atoms with Crippen molar-refractivity contribution < 1.29 is 9.47 Å². The Morgan fingerprint density at radius 3 is 2.65 bits per heavy atom. The highest BCUT2D eigenvalue weighted by Gasteiger charge is 2.22. The number of fused-ring (bicyclic) bond motifs is 1. The van der Waals surface area contributed by atoms with Gasteiger partial charge in [-0.3, -0.25) is 0 Å². The van der Waals surface area contributed by atoms with Crippen LogP contribution < -0.4 is 20.1 Å². The van der Waals surface area contributed by atoms with Gasteiger partial charge in [-0.15, -0.1) is 12.4 Å². The van der Waals surface area contributed by atoms with E-state index in [0.717, 1.165) is 41.7 Å². The average Bonchev–Trinajstić information content (AvgIpc) is 2.76. The summed E-state index contributed by atoms with van der Waals surface area (Å²) in [5.41, 5.74) is 1.07. The van der Waals surface area contributed by atoms with E-state index in [2.05, 4.69) is 10.6 Å². The first-order valence-electron chi connectivity index (χ1n) is 5.38. The third-order valence-corrected chi connectivity index (χ3v) is 3.24. The van der Waals surface area contributed by atoms with Crippen molar-refractivity contribution in [3.05, 3.63) is 22.7 Å². The molecule has 17 heavy (non-hydrogen) atoms. The maximum absolute atomic E-state index is 6.24. The maximum atomic E-state index is 6.24. The molecule has 1 fully saturated rings. The molecular formula is C11H14Cl2N2O2. The van der Waals surface area contributed by atoms with Gasteiger partial charge in [0.2, 0.25) is 6.79 Å². The van der Waals surface area contributed by atoms with Crippen LogP contribution in [-0.2, 0) is 0 Å². The molecule has 1 aromatic rings. The number of benzene rings is 1. The molecule has 1 atom stereocenters. The molecule has 0 spiro atoms. The SMILES string of the molecule is Cl.Clc1cc2c(cc1[C@@H]1CNCCN1)OCO2. The molecule has 2 heterocycles. The molecule has 4 nitrogen and oxygen atoms in total. The minimum absolute atomic E-state index is 0. The Labute approximate surface area is 111 Å². The largest absolute Gasteiger partial charge is 0.454 e. The van der Waals surface area contributed by atoms with Crippen molar-refractivity contribution in [2.75, 3.05) is 26.4 Å². The van der Waals surface area contributed by atoms with Crippen LogP contribution in [0, 0.1) is 0 Å². The number of nitrogens with one attached hydrogen (secondary N) is 2. The topological polar surface area (TPSA) is 42.5 Å². The molecule has 1 aromatic carbocycles. The van der Waals surface area contributed by atoms with Crippen molar-refractivity contribution in [1.82, 2.24) is 10.6 Å². The van der Waals surface area contributed by atoms with Crippen molar-refractivity contribution in [2.45, 2.75) is 6.04 Å². The van der Waals surface area contributed by atoms with Crippen molar-refractivity contribution in [1.29, 1.82) is 0 Å². The molecule has 6 heteroatoms. The summed E-state index contributed by atoms with van der Waals surface area (Å²) in [6, 6.07) is 4.04. The summed E-state index contributed by atoms with van der Waals surface area (Å²) in [5, 5.41) is 7.49. The molecule has 0 aromatic heterocycles. The van der Waals surface area contributed by atoms with Gasteiger partial charge >= 0.3 is 0 Å². The third-order valence-electron chi connectivity index (χ3n) is 2.91. The molecule has 0 unspecified atom stereocenters. The van der Waals surface area contributed by atoms with Gasteiger partial charge in [0, 0.05) is 36.8 Å². The number of halogens is 2. The van der Waals surface area contributed by atoms with Gasteiger partial charge < -0.3 is 20.1 Å². The summed E-state index contributed by atoms with van der Waals surface area (Å²) >= 11 is 6.24. The third kappa shape index (κ3) is 2.45. The van der Waals surface area contributed by atoms with E-state index in [1.165, 1.54) is 0 Å². The quantitative estimate of drug-likeness (QED) is 0.820. The second kappa shape index (κ2) is 5.31. The minimum atomic E-state index is 0. The molecule has 0 saturated carbocycles. The summed E-state index contributed by atoms with van der Waals surface area (Å²) in [6.07, 6.45) is 0. The highest BCUT2D eigenvalue weighted by molar-refractivity contribution is 6.31. The van der Waals surface area contributed by atoms with E-state index in [4.69, 9.17) is 21.1 Å². The lowest BCUT2D eigenvalue weighted by Crippen LogP contribution is -2.42. The molecule has 0 bridgehead atoms. The monoisotopic (exact) mass is 276 g/mol. The molecular weight excluding hydrogens is 263 g/mol. The van der Waals surface area contributed by atoms with Crippen LogP contribution in [0.25, 0.3) is 0 Å². The zero-order valence-electron chi connectivity index (χ0n) is 9.16. The second-order valence-corrected chi connectivity index (χ2v) is 4.35. The molecule has 1 saturated heterocycles. The zero-order valence-corrected chi connectivity index (χ0v) is 10.7. The highest BCUT2D eigenvalue weighted by atomic mass is 35.5. The number of hydrogen-bond acceptors (Lipinski definition) is 4. The van der Waals surface area contributed by atoms with Crippen LogP contribution in [0.15, 0.2) is 12.1 Å². The minimum Gasteiger partial charge on any atom is -0.454 e. The fourth-order valence-corrected chi connectivity index (χ4v) is 2.36. The molecule has 2 aliphatic heterocycles. The van der Waals surface area contributed by atoms with Gasteiger partial charge in [-0.05, 0) is 11.6 Å². The summed E-state index contributed by atoms with van der Waals surface area (Å²) < 4.78 is 10.6. The lowest BCUT2D eigenvalue weighted by molar-refractivity contribution is 0.174. The van der Waals surface area contributed by atoms with Crippen LogP contribution in [0.5, 0.6) is 11.5 Å². The lowest BCUT2D eigenvalue weighted by atomic mass is 10.0. The highest BCUT2D eigenvalue weighted by Crippen LogP contribution is 2.38. The Hall–Kier alpha value is -0.680. The van der Waals surface area contributed by atoms with E-state index >= 15 is 0 Å². The molecule has 2 N–H and O–H groups in total. The van der Waals surface area contributed by atoms with Gasteiger partial charge in [-0.25, -0.2) is 0 Å². The Morgan fingerprint density at radius 1 is 1.18 bits per heavy atom. The average molecular weight is 277 g/mol. The van der Waals surface area contributed by atoms with E-state index < -0.39 is 0 Å². The maximum Gasteiger partial charge on any atom is 0.231 e.